The highest BCUT2D eigenvalue weighted by Crippen LogP contribution is 2.30. The van der Waals surface area contributed by atoms with Crippen LogP contribution in [0.1, 0.15) is 57.6 Å². The van der Waals surface area contributed by atoms with Gasteiger partial charge < -0.3 is 33.7 Å². The molecule has 1 fully saturated rings. The maximum absolute atomic E-state index is 13.4. The van der Waals surface area contributed by atoms with Gasteiger partial charge in [-0.2, -0.15) is 0 Å². The Hall–Kier alpha value is -3.70. The van der Waals surface area contributed by atoms with Crippen molar-refractivity contribution in [2.45, 2.75) is 66.2 Å². The molecular weight excluding hydrogens is 556 g/mol. The molecule has 1 amide bonds. The van der Waals surface area contributed by atoms with Crippen molar-refractivity contribution in [2.24, 2.45) is 17.3 Å². The average Bonchev–Trinajstić information content (AvgIpc) is 3.00. The van der Waals surface area contributed by atoms with Gasteiger partial charge in [0.05, 0.1) is 31.8 Å². The first-order chi connectivity index (χ1) is 20.4. The smallest absolute Gasteiger partial charge is 0.331 e. The molecule has 236 valence electrons. The number of hydrogen-bond donors (Lipinski definition) is 1. The number of amides is 1. The second-order valence-electron chi connectivity index (χ2n) is 12.0. The lowest BCUT2D eigenvalue weighted by Gasteiger charge is -2.31. The van der Waals surface area contributed by atoms with E-state index < -0.39 is 48.3 Å². The van der Waals surface area contributed by atoms with Crippen molar-refractivity contribution in [1.29, 1.82) is 0 Å². The van der Waals surface area contributed by atoms with Gasteiger partial charge in [0.2, 0.25) is 6.79 Å². The van der Waals surface area contributed by atoms with E-state index in [2.05, 4.69) is 24.1 Å². The first-order valence-corrected chi connectivity index (χ1v) is 14.5. The van der Waals surface area contributed by atoms with Crippen LogP contribution in [0.4, 0.5) is 0 Å². The molecule has 0 saturated carbocycles. The van der Waals surface area contributed by atoms with Gasteiger partial charge in [-0.25, -0.2) is 9.78 Å². The number of nitrogens with one attached hydrogen (secondary N) is 1. The Morgan fingerprint density at radius 3 is 2.49 bits per heavy atom. The number of benzene rings is 1. The Balaban J connectivity index is 1.77. The van der Waals surface area contributed by atoms with Crippen molar-refractivity contribution in [3.8, 4) is 11.5 Å². The van der Waals surface area contributed by atoms with Crippen molar-refractivity contribution in [2.75, 3.05) is 33.7 Å². The number of pyridine rings is 1. The number of carbonyl (C=O) groups excluding carboxylic acids is 3. The molecule has 1 saturated heterocycles. The lowest BCUT2D eigenvalue weighted by molar-refractivity contribution is -0.161. The van der Waals surface area contributed by atoms with E-state index in [1.54, 1.807) is 27.7 Å². The Labute approximate surface area is 253 Å². The predicted octanol–water partition coefficient (Wildman–Crippen LogP) is 3.98. The number of carbonyl (C=O) groups is 3. The molecular formula is C32H44N2O9. The highest BCUT2D eigenvalue weighted by Gasteiger charge is 2.36. The maximum atomic E-state index is 13.4. The van der Waals surface area contributed by atoms with Crippen LogP contribution in [0.2, 0.25) is 0 Å². The molecule has 3 rings (SSSR count). The summed E-state index contributed by atoms with van der Waals surface area (Å²) in [5.74, 6) is -1.53. The van der Waals surface area contributed by atoms with Crippen LogP contribution in [0.25, 0.3) is 0 Å². The fraction of sp³-hybridized carbons (Fsp3) is 0.562. The fourth-order valence-corrected chi connectivity index (χ4v) is 4.46. The number of ether oxygens (including phenoxy) is 6. The van der Waals surface area contributed by atoms with E-state index in [1.807, 2.05) is 30.3 Å². The maximum Gasteiger partial charge on any atom is 0.331 e. The standard InChI is InChI=1S/C32H44N2O9/c1-20(2)16-40-27-21(3)43-30(36)24(18-39-17-23(27)15-22-11-9-8-10-12-22)34-29(35)26-28(25(38-7)13-14-33-26)41-19-42-31(37)32(4,5)6/h8-14,20-21,23-24,27H,15-19H2,1-7H3,(H,34,35). The van der Waals surface area contributed by atoms with Crippen molar-refractivity contribution in [3.63, 3.8) is 0 Å². The summed E-state index contributed by atoms with van der Waals surface area (Å²) in [6.07, 6.45) is 1.01. The van der Waals surface area contributed by atoms with E-state index in [-0.39, 0.29) is 42.2 Å². The second-order valence-corrected chi connectivity index (χ2v) is 12.0. The van der Waals surface area contributed by atoms with Gasteiger partial charge in [0.1, 0.15) is 6.10 Å². The van der Waals surface area contributed by atoms with Gasteiger partial charge in [-0.05, 0) is 45.6 Å². The van der Waals surface area contributed by atoms with E-state index in [1.165, 1.54) is 19.4 Å². The van der Waals surface area contributed by atoms with Crippen LogP contribution in [0.3, 0.4) is 0 Å². The van der Waals surface area contributed by atoms with Gasteiger partial charge in [-0.3, -0.25) is 9.59 Å². The summed E-state index contributed by atoms with van der Waals surface area (Å²) in [4.78, 5) is 43.0. The minimum absolute atomic E-state index is 0.0417. The number of methoxy groups -OCH3 is 1. The fourth-order valence-electron chi connectivity index (χ4n) is 4.46. The number of nitrogens with zero attached hydrogens (tertiary/aromatic N) is 1. The lowest BCUT2D eigenvalue weighted by atomic mass is 9.91. The van der Waals surface area contributed by atoms with Gasteiger partial charge in [-0.15, -0.1) is 0 Å². The predicted molar refractivity (Wildman–Crippen MR) is 158 cm³/mol. The third kappa shape index (κ3) is 9.93. The van der Waals surface area contributed by atoms with Gasteiger partial charge in [-0.1, -0.05) is 44.2 Å². The monoisotopic (exact) mass is 600 g/mol. The molecule has 1 aromatic carbocycles. The van der Waals surface area contributed by atoms with E-state index in [0.29, 0.717) is 13.0 Å². The molecule has 1 aromatic heterocycles. The normalized spacial score (nSPS) is 21.2. The van der Waals surface area contributed by atoms with Gasteiger partial charge in [0.15, 0.2) is 23.2 Å². The highest BCUT2D eigenvalue weighted by molar-refractivity contribution is 5.98. The number of rotatable bonds is 11. The first kappa shape index (κ1) is 33.8. The van der Waals surface area contributed by atoms with Crippen LogP contribution >= 0.6 is 0 Å². The van der Waals surface area contributed by atoms with Gasteiger partial charge in [0.25, 0.3) is 5.91 Å². The molecule has 4 unspecified atom stereocenters. The molecule has 11 heteroatoms. The first-order valence-electron chi connectivity index (χ1n) is 14.5. The quantitative estimate of drug-likeness (QED) is 0.298. The number of esters is 2. The second kappa shape index (κ2) is 15.7. The van der Waals surface area contributed by atoms with Crippen molar-refractivity contribution >= 4 is 17.8 Å². The minimum Gasteiger partial charge on any atom is -0.493 e. The van der Waals surface area contributed by atoms with Crippen molar-refractivity contribution in [3.05, 3.63) is 53.9 Å². The minimum atomic E-state index is -1.13. The topological polar surface area (TPSA) is 132 Å². The van der Waals surface area contributed by atoms with Crippen LogP contribution < -0.4 is 14.8 Å². The van der Waals surface area contributed by atoms with Gasteiger partial charge in [0, 0.05) is 24.8 Å². The van der Waals surface area contributed by atoms with Crippen LogP contribution in [0, 0.1) is 17.3 Å². The third-order valence-corrected chi connectivity index (χ3v) is 6.71. The van der Waals surface area contributed by atoms with Crippen LogP contribution in [-0.2, 0) is 35.0 Å². The molecule has 43 heavy (non-hydrogen) atoms. The SMILES string of the molecule is COc1ccnc(C(=O)NC2COCC(Cc3ccccc3)C(OCC(C)C)C(C)OC2=O)c1OCOC(=O)C(C)(C)C. The summed E-state index contributed by atoms with van der Waals surface area (Å²) in [5.41, 5.74) is 0.212. The molecule has 0 bridgehead atoms. The molecule has 1 N–H and O–H groups in total. The zero-order valence-corrected chi connectivity index (χ0v) is 26.1. The van der Waals surface area contributed by atoms with Crippen LogP contribution in [-0.4, -0.2) is 74.8 Å². The largest absolute Gasteiger partial charge is 0.493 e. The summed E-state index contributed by atoms with van der Waals surface area (Å²) < 4.78 is 34.3. The van der Waals surface area contributed by atoms with E-state index in [9.17, 15) is 14.4 Å². The molecule has 2 aromatic rings. The molecule has 11 nitrogen and oxygen atoms in total. The molecule has 1 aliphatic rings. The molecule has 0 aliphatic carbocycles. The van der Waals surface area contributed by atoms with E-state index in [0.717, 1.165) is 5.56 Å². The van der Waals surface area contributed by atoms with Crippen molar-refractivity contribution in [1.82, 2.24) is 10.3 Å². The number of hydrogen-bond acceptors (Lipinski definition) is 10. The molecule has 0 radical (unpaired) electrons. The molecule has 2 heterocycles. The Bertz CT molecular complexity index is 1210. The summed E-state index contributed by atoms with van der Waals surface area (Å²) in [7, 11) is 1.40. The van der Waals surface area contributed by atoms with E-state index >= 15 is 0 Å². The Morgan fingerprint density at radius 1 is 1.12 bits per heavy atom. The zero-order chi connectivity index (χ0) is 31.6. The average molecular weight is 601 g/mol. The van der Waals surface area contributed by atoms with E-state index in [4.69, 9.17) is 28.4 Å². The Morgan fingerprint density at radius 2 is 1.84 bits per heavy atom. The summed E-state index contributed by atoms with van der Waals surface area (Å²) >= 11 is 0. The number of cyclic esters (lactones) is 1. The van der Waals surface area contributed by atoms with Crippen LogP contribution in [0.15, 0.2) is 42.6 Å². The summed E-state index contributed by atoms with van der Waals surface area (Å²) in [6.45, 7) is 11.2. The zero-order valence-electron chi connectivity index (χ0n) is 26.1. The summed E-state index contributed by atoms with van der Waals surface area (Å²) in [6, 6.07) is 10.4. The van der Waals surface area contributed by atoms with Crippen molar-refractivity contribution < 1.29 is 42.8 Å². The lowest BCUT2D eigenvalue weighted by Crippen LogP contribution is -2.46. The van der Waals surface area contributed by atoms with Gasteiger partial charge >= 0.3 is 11.9 Å². The molecule has 0 spiro atoms. The summed E-state index contributed by atoms with van der Waals surface area (Å²) in [5, 5.41) is 2.66. The third-order valence-electron chi connectivity index (χ3n) is 6.71. The number of aromatic nitrogens is 1. The highest BCUT2D eigenvalue weighted by atomic mass is 16.7. The molecule has 4 atom stereocenters. The molecule has 1 aliphatic heterocycles. The Kier molecular flexibility index (Phi) is 12.3. The van der Waals surface area contributed by atoms with Crippen LogP contribution in [0.5, 0.6) is 11.5 Å².